The molecule has 5 nitrogen and oxygen atoms in total. The Morgan fingerprint density at radius 1 is 1.00 bits per heavy atom. The second-order valence-electron chi connectivity index (χ2n) is 8.00. The first-order valence-electron chi connectivity index (χ1n) is 10.8. The van der Waals surface area contributed by atoms with E-state index in [1.54, 1.807) is 30.3 Å². The maximum atomic E-state index is 13.5. The number of nitrogens with zero attached hydrogens (tertiary/aromatic N) is 2. The fraction of sp³-hybridized carbons (Fsp3) is 0.115. The van der Waals surface area contributed by atoms with Crippen LogP contribution in [0.15, 0.2) is 77.3 Å². The summed E-state index contributed by atoms with van der Waals surface area (Å²) >= 11 is 19.0. The number of nitrogens with one attached hydrogen (secondary N) is 1. The summed E-state index contributed by atoms with van der Waals surface area (Å²) in [6.45, 7) is 0. The monoisotopic (exact) mass is 595 g/mol. The van der Waals surface area contributed by atoms with Gasteiger partial charge < -0.3 is 5.32 Å². The van der Waals surface area contributed by atoms with Gasteiger partial charge in [0.15, 0.2) is 0 Å². The Balaban J connectivity index is 1.73. The lowest BCUT2D eigenvalue weighted by molar-refractivity contribution is -0.137. The van der Waals surface area contributed by atoms with Gasteiger partial charge in [0, 0.05) is 16.4 Å². The molecule has 0 aromatic heterocycles. The molecule has 2 amide bonds. The van der Waals surface area contributed by atoms with E-state index in [4.69, 9.17) is 34.8 Å². The van der Waals surface area contributed by atoms with Gasteiger partial charge in [-0.2, -0.15) is 18.4 Å². The van der Waals surface area contributed by atoms with Crippen LogP contribution in [0.4, 0.5) is 24.5 Å². The summed E-state index contributed by atoms with van der Waals surface area (Å²) in [6, 6.07) is 17.4. The van der Waals surface area contributed by atoms with Crippen LogP contribution in [-0.2, 0) is 22.2 Å². The highest BCUT2D eigenvalue weighted by Crippen LogP contribution is 2.43. The van der Waals surface area contributed by atoms with Crippen LogP contribution in [0.3, 0.4) is 0 Å². The average Bonchev–Trinajstić information content (AvgIpc) is 3.18. The molecule has 1 aliphatic rings. The quantitative estimate of drug-likeness (QED) is 0.242. The number of para-hydroxylation sites is 1. The third-order valence-corrected chi connectivity index (χ3v) is 7.85. The number of anilines is 2. The van der Waals surface area contributed by atoms with Gasteiger partial charge in [-0.25, -0.2) is 0 Å². The van der Waals surface area contributed by atoms with Crippen LogP contribution in [0.2, 0.25) is 15.1 Å². The van der Waals surface area contributed by atoms with Crippen LogP contribution in [0, 0.1) is 11.3 Å². The van der Waals surface area contributed by atoms with Crippen LogP contribution in [0.5, 0.6) is 0 Å². The van der Waals surface area contributed by atoms with E-state index in [-0.39, 0.29) is 43.3 Å². The largest absolute Gasteiger partial charge is 0.416 e. The molecule has 3 aromatic rings. The third kappa shape index (κ3) is 5.94. The summed E-state index contributed by atoms with van der Waals surface area (Å²) in [7, 11) is 0. The van der Waals surface area contributed by atoms with Crippen LogP contribution < -0.4 is 10.2 Å². The second kappa shape index (κ2) is 11.3. The van der Waals surface area contributed by atoms with Crippen LogP contribution in [-0.4, -0.2) is 17.1 Å². The van der Waals surface area contributed by atoms with E-state index in [0.29, 0.717) is 5.69 Å². The molecule has 1 N–H and O–H groups in total. The van der Waals surface area contributed by atoms with Gasteiger partial charge in [0.1, 0.15) is 16.7 Å². The number of hydrogen-bond donors (Lipinski definition) is 1. The normalized spacial score (nSPS) is 16.8. The van der Waals surface area contributed by atoms with Gasteiger partial charge in [0.05, 0.1) is 20.9 Å². The number of carbonyl (C=O) groups is 2. The van der Waals surface area contributed by atoms with E-state index in [1.165, 1.54) is 23.1 Å². The summed E-state index contributed by atoms with van der Waals surface area (Å²) in [5.41, 5.74) is -0.503. The minimum absolute atomic E-state index is 0.0364. The van der Waals surface area contributed by atoms with E-state index in [1.807, 2.05) is 6.07 Å². The Hall–Kier alpha value is -3.16. The lowest BCUT2D eigenvalue weighted by Crippen LogP contribution is -2.31. The van der Waals surface area contributed by atoms with Gasteiger partial charge in [0.2, 0.25) is 5.91 Å². The minimum Gasteiger partial charge on any atom is -0.321 e. The zero-order valence-electron chi connectivity index (χ0n) is 19.0. The van der Waals surface area contributed by atoms with Gasteiger partial charge in [0.25, 0.3) is 5.91 Å². The predicted molar refractivity (Wildman–Crippen MR) is 143 cm³/mol. The fourth-order valence-corrected chi connectivity index (χ4v) is 5.46. The Morgan fingerprint density at radius 2 is 1.68 bits per heavy atom. The first kappa shape index (κ1) is 27.9. The van der Waals surface area contributed by atoms with Gasteiger partial charge in [-0.15, -0.1) is 0 Å². The molecule has 0 bridgehead atoms. The lowest BCUT2D eigenvalue weighted by atomic mass is 10.0. The Bertz CT molecular complexity index is 1490. The Morgan fingerprint density at radius 3 is 2.32 bits per heavy atom. The number of hydrogen-bond acceptors (Lipinski definition) is 4. The van der Waals surface area contributed by atoms with Crippen molar-refractivity contribution >= 4 is 69.8 Å². The van der Waals surface area contributed by atoms with E-state index in [0.717, 1.165) is 30.0 Å². The third-order valence-electron chi connectivity index (χ3n) is 5.48. The van der Waals surface area contributed by atoms with Crippen molar-refractivity contribution in [2.75, 3.05) is 10.2 Å². The highest BCUT2D eigenvalue weighted by atomic mass is 35.5. The van der Waals surface area contributed by atoms with Gasteiger partial charge in [-0.1, -0.05) is 64.8 Å². The van der Waals surface area contributed by atoms with Crippen molar-refractivity contribution in [3.8, 4) is 6.07 Å². The van der Waals surface area contributed by atoms with Crippen molar-refractivity contribution < 1.29 is 22.8 Å². The molecule has 0 saturated carbocycles. The fourth-order valence-electron chi connectivity index (χ4n) is 3.67. The van der Waals surface area contributed by atoms with Crippen LogP contribution in [0.1, 0.15) is 11.1 Å². The van der Waals surface area contributed by atoms with Gasteiger partial charge in [-0.05, 0) is 60.5 Å². The van der Waals surface area contributed by atoms with Crippen LogP contribution >= 0.6 is 46.6 Å². The topological polar surface area (TPSA) is 73.2 Å². The molecule has 0 aliphatic carbocycles. The number of benzene rings is 3. The highest BCUT2D eigenvalue weighted by molar-refractivity contribution is 8.05. The zero-order chi connectivity index (χ0) is 27.6. The smallest absolute Gasteiger partial charge is 0.321 e. The van der Waals surface area contributed by atoms with Gasteiger partial charge in [-0.3, -0.25) is 14.5 Å². The van der Waals surface area contributed by atoms with Crippen molar-refractivity contribution in [3.05, 3.63) is 104 Å². The number of nitriles is 1. The molecule has 1 aliphatic heterocycles. The maximum absolute atomic E-state index is 13.5. The summed E-state index contributed by atoms with van der Waals surface area (Å²) in [4.78, 5) is 27.9. The first-order valence-corrected chi connectivity index (χ1v) is 12.8. The first-order chi connectivity index (χ1) is 18.0. The maximum Gasteiger partial charge on any atom is 0.416 e. The molecule has 1 saturated heterocycles. The summed E-state index contributed by atoms with van der Waals surface area (Å²) in [5, 5.41) is 12.1. The van der Waals surface area contributed by atoms with E-state index in [2.05, 4.69) is 5.32 Å². The van der Waals surface area contributed by atoms with Crippen molar-refractivity contribution in [1.29, 1.82) is 5.26 Å². The molecule has 1 fully saturated rings. The SMILES string of the molecule is N#C/C(C(=O)Nc1ccc(Cl)c(Cl)c1)=C1/SC(Cc2cc(C(F)(F)F)ccc2Cl)C(=O)N1c1ccccc1. The molecule has 38 heavy (non-hydrogen) atoms. The molecular weight excluding hydrogens is 582 g/mol. The van der Waals surface area contributed by atoms with Crippen molar-refractivity contribution in [2.45, 2.75) is 17.8 Å². The molecular formula is C26H15Cl3F3N3O2S. The molecule has 1 atom stereocenters. The lowest BCUT2D eigenvalue weighted by Gasteiger charge is -2.18. The minimum atomic E-state index is -4.59. The summed E-state index contributed by atoms with van der Waals surface area (Å²) in [6.07, 6.45) is -4.75. The van der Waals surface area contributed by atoms with Crippen LogP contribution in [0.25, 0.3) is 0 Å². The number of alkyl halides is 3. The second-order valence-corrected chi connectivity index (χ2v) is 10.4. The van der Waals surface area contributed by atoms with Crippen molar-refractivity contribution in [2.24, 2.45) is 0 Å². The average molecular weight is 597 g/mol. The molecule has 1 heterocycles. The number of carbonyl (C=O) groups excluding carboxylic acids is 2. The molecule has 0 spiro atoms. The number of amides is 2. The van der Waals surface area contributed by atoms with Crippen molar-refractivity contribution in [1.82, 2.24) is 0 Å². The summed E-state index contributed by atoms with van der Waals surface area (Å²) < 4.78 is 39.8. The molecule has 1 unspecified atom stereocenters. The molecule has 194 valence electrons. The number of halogens is 6. The molecule has 0 radical (unpaired) electrons. The highest BCUT2D eigenvalue weighted by Gasteiger charge is 2.41. The molecule has 4 rings (SSSR count). The van der Waals surface area contributed by atoms with E-state index >= 15 is 0 Å². The zero-order valence-corrected chi connectivity index (χ0v) is 22.1. The Labute approximate surface area is 234 Å². The number of thioether (sulfide) groups is 1. The number of rotatable bonds is 5. The Kier molecular flexibility index (Phi) is 8.28. The summed E-state index contributed by atoms with van der Waals surface area (Å²) in [5.74, 6) is -1.32. The van der Waals surface area contributed by atoms with E-state index < -0.39 is 28.8 Å². The standard InChI is InChI=1S/C26H15Cl3F3N3O2S/c27-19-8-6-15(26(30,31)32)10-14(19)11-22-24(37)35(17-4-2-1-3-5-17)25(38-22)18(13-33)23(36)34-16-7-9-20(28)21(29)12-16/h1-10,12,22H,11H2,(H,34,36)/b25-18-. The van der Waals surface area contributed by atoms with Gasteiger partial charge >= 0.3 is 6.18 Å². The van der Waals surface area contributed by atoms with E-state index in [9.17, 15) is 28.0 Å². The molecule has 3 aromatic carbocycles. The van der Waals surface area contributed by atoms with Crippen molar-refractivity contribution in [3.63, 3.8) is 0 Å². The molecule has 12 heteroatoms. The predicted octanol–water partition coefficient (Wildman–Crippen LogP) is 7.73.